The van der Waals surface area contributed by atoms with Crippen LogP contribution < -0.4 is 0 Å². The van der Waals surface area contributed by atoms with E-state index in [4.69, 9.17) is 23.2 Å². The highest BCUT2D eigenvalue weighted by atomic mass is 35.5. The minimum atomic E-state index is -0.0256. The Hall–Kier alpha value is -0.840. The molecular formula is C13H17Cl2N3O. The first kappa shape index (κ1) is 14.6. The van der Waals surface area contributed by atoms with Crippen molar-refractivity contribution in [3.63, 3.8) is 0 Å². The maximum atomic E-state index is 12.3. The van der Waals surface area contributed by atoms with E-state index >= 15 is 0 Å². The zero-order chi connectivity index (χ0) is 13.8. The average molecular weight is 302 g/mol. The second-order valence-corrected chi connectivity index (χ2v) is 5.41. The lowest BCUT2D eigenvalue weighted by atomic mass is 10.2. The Labute approximate surface area is 123 Å². The second kappa shape index (κ2) is 6.55. The first-order valence-corrected chi connectivity index (χ1v) is 7.20. The zero-order valence-corrected chi connectivity index (χ0v) is 12.4. The van der Waals surface area contributed by atoms with Crippen LogP contribution in [0.5, 0.6) is 0 Å². The van der Waals surface area contributed by atoms with Crippen molar-refractivity contribution in [2.75, 3.05) is 32.7 Å². The van der Waals surface area contributed by atoms with Crippen molar-refractivity contribution < 1.29 is 4.79 Å². The Balaban J connectivity index is 2.01. The van der Waals surface area contributed by atoms with Crippen LogP contribution in [-0.4, -0.2) is 53.4 Å². The number of aromatic nitrogens is 1. The first-order chi connectivity index (χ1) is 9.10. The Kier molecular flexibility index (Phi) is 5.02. The lowest BCUT2D eigenvalue weighted by Gasteiger charge is -2.34. The van der Waals surface area contributed by atoms with E-state index in [2.05, 4.69) is 16.8 Å². The highest BCUT2D eigenvalue weighted by Gasteiger charge is 2.22. The van der Waals surface area contributed by atoms with Crippen molar-refractivity contribution in [2.24, 2.45) is 0 Å². The number of hydrogen-bond acceptors (Lipinski definition) is 3. The fourth-order valence-electron chi connectivity index (χ4n) is 2.26. The number of carbonyl (C=O) groups is 1. The minimum absolute atomic E-state index is 0.0256. The van der Waals surface area contributed by atoms with Gasteiger partial charge < -0.3 is 4.90 Å². The smallest absolute Gasteiger partial charge is 0.254 e. The van der Waals surface area contributed by atoms with Gasteiger partial charge in [0.05, 0.1) is 0 Å². The van der Waals surface area contributed by atoms with Crippen LogP contribution in [0.4, 0.5) is 0 Å². The molecule has 104 valence electrons. The molecular weight excluding hydrogens is 285 g/mol. The molecule has 2 heterocycles. The molecule has 6 heteroatoms. The van der Waals surface area contributed by atoms with Crippen LogP contribution in [0.25, 0.3) is 0 Å². The van der Waals surface area contributed by atoms with E-state index in [1.165, 1.54) is 0 Å². The Morgan fingerprint density at radius 1 is 1.21 bits per heavy atom. The van der Waals surface area contributed by atoms with Crippen LogP contribution in [0.1, 0.15) is 23.7 Å². The molecule has 0 spiro atoms. The molecule has 0 radical (unpaired) electrons. The molecule has 0 N–H and O–H groups in total. The Bertz CT molecular complexity index is 439. The van der Waals surface area contributed by atoms with E-state index in [0.717, 1.165) is 39.1 Å². The first-order valence-electron chi connectivity index (χ1n) is 6.45. The summed E-state index contributed by atoms with van der Waals surface area (Å²) in [6.45, 7) is 6.60. The van der Waals surface area contributed by atoms with Gasteiger partial charge in [0, 0.05) is 31.7 Å². The molecule has 4 nitrogen and oxygen atoms in total. The van der Waals surface area contributed by atoms with Crippen LogP contribution in [0.2, 0.25) is 10.3 Å². The summed E-state index contributed by atoms with van der Waals surface area (Å²) in [5, 5.41) is 0.501. The summed E-state index contributed by atoms with van der Waals surface area (Å²) >= 11 is 11.6. The molecule has 1 aliphatic heterocycles. The van der Waals surface area contributed by atoms with E-state index in [-0.39, 0.29) is 16.2 Å². The van der Waals surface area contributed by atoms with Gasteiger partial charge in [-0.15, -0.1) is 0 Å². The van der Waals surface area contributed by atoms with E-state index in [1.54, 1.807) is 12.1 Å². The van der Waals surface area contributed by atoms with Crippen LogP contribution >= 0.6 is 23.2 Å². The highest BCUT2D eigenvalue weighted by molar-refractivity contribution is 6.33. The topological polar surface area (TPSA) is 36.4 Å². The molecule has 0 unspecified atom stereocenters. The van der Waals surface area contributed by atoms with Crippen molar-refractivity contribution in [2.45, 2.75) is 13.3 Å². The predicted molar refractivity (Wildman–Crippen MR) is 76.9 cm³/mol. The van der Waals surface area contributed by atoms with Gasteiger partial charge in [0.25, 0.3) is 5.91 Å². The molecule has 0 aromatic carbocycles. The number of pyridine rings is 1. The summed E-state index contributed by atoms with van der Waals surface area (Å²) in [5.74, 6) is -0.0256. The summed E-state index contributed by atoms with van der Waals surface area (Å²) in [4.78, 5) is 20.4. The number of carbonyl (C=O) groups excluding carboxylic acids is 1. The third kappa shape index (κ3) is 3.81. The normalized spacial score (nSPS) is 16.7. The third-order valence-electron chi connectivity index (χ3n) is 3.21. The molecule has 0 atom stereocenters. The van der Waals surface area contributed by atoms with Crippen molar-refractivity contribution in [3.8, 4) is 0 Å². The Morgan fingerprint density at radius 2 is 1.79 bits per heavy atom. The maximum Gasteiger partial charge on any atom is 0.254 e. The average Bonchev–Trinajstić information content (AvgIpc) is 2.38. The van der Waals surface area contributed by atoms with Crippen molar-refractivity contribution in [1.29, 1.82) is 0 Å². The number of amides is 1. The summed E-state index contributed by atoms with van der Waals surface area (Å²) in [7, 11) is 0. The van der Waals surface area contributed by atoms with Crippen molar-refractivity contribution >= 4 is 29.1 Å². The van der Waals surface area contributed by atoms with Gasteiger partial charge in [0.15, 0.2) is 0 Å². The van der Waals surface area contributed by atoms with Gasteiger partial charge in [-0.05, 0) is 25.1 Å². The molecule has 0 bridgehead atoms. The lowest BCUT2D eigenvalue weighted by Crippen LogP contribution is -2.48. The summed E-state index contributed by atoms with van der Waals surface area (Å²) in [6, 6.07) is 3.13. The van der Waals surface area contributed by atoms with Gasteiger partial charge in [-0.3, -0.25) is 9.69 Å². The van der Waals surface area contributed by atoms with Crippen LogP contribution in [0, 0.1) is 0 Å². The molecule has 0 saturated carbocycles. The minimum Gasteiger partial charge on any atom is -0.336 e. The van der Waals surface area contributed by atoms with Crippen LogP contribution in [0.3, 0.4) is 0 Å². The molecule has 2 rings (SSSR count). The van der Waals surface area contributed by atoms with Crippen molar-refractivity contribution in [3.05, 3.63) is 28.0 Å². The Morgan fingerprint density at radius 3 is 2.32 bits per heavy atom. The van der Waals surface area contributed by atoms with Crippen molar-refractivity contribution in [1.82, 2.24) is 14.8 Å². The van der Waals surface area contributed by atoms with E-state index in [0.29, 0.717) is 5.56 Å². The van der Waals surface area contributed by atoms with Gasteiger partial charge in [0.1, 0.15) is 10.3 Å². The molecule has 19 heavy (non-hydrogen) atoms. The monoisotopic (exact) mass is 301 g/mol. The van der Waals surface area contributed by atoms with Gasteiger partial charge in [-0.25, -0.2) is 4.98 Å². The van der Waals surface area contributed by atoms with Gasteiger partial charge in [-0.2, -0.15) is 0 Å². The molecule has 1 aromatic rings. The van der Waals surface area contributed by atoms with Crippen LogP contribution in [0.15, 0.2) is 12.1 Å². The predicted octanol–water partition coefficient (Wildman–Crippen LogP) is 2.56. The van der Waals surface area contributed by atoms with E-state index in [1.807, 2.05) is 4.90 Å². The van der Waals surface area contributed by atoms with Gasteiger partial charge in [-0.1, -0.05) is 30.1 Å². The highest BCUT2D eigenvalue weighted by Crippen LogP contribution is 2.17. The van der Waals surface area contributed by atoms with E-state index < -0.39 is 0 Å². The van der Waals surface area contributed by atoms with E-state index in [9.17, 15) is 4.79 Å². The molecule has 1 aliphatic rings. The standard InChI is InChI=1S/C13H17Cl2N3O/c1-2-3-17-4-6-18(7-5-17)13(19)10-8-11(14)16-12(15)9-10/h8-9H,2-7H2,1H3. The number of piperazine rings is 1. The zero-order valence-electron chi connectivity index (χ0n) is 10.9. The largest absolute Gasteiger partial charge is 0.336 e. The number of nitrogens with zero attached hydrogens (tertiary/aromatic N) is 3. The molecule has 1 aromatic heterocycles. The van der Waals surface area contributed by atoms with Gasteiger partial charge in [0.2, 0.25) is 0 Å². The number of halogens is 2. The summed E-state index contributed by atoms with van der Waals surface area (Å²) in [5.41, 5.74) is 0.508. The maximum absolute atomic E-state index is 12.3. The quantitative estimate of drug-likeness (QED) is 0.805. The third-order valence-corrected chi connectivity index (χ3v) is 3.60. The SMILES string of the molecule is CCCN1CCN(C(=O)c2cc(Cl)nc(Cl)c2)CC1. The fourth-order valence-corrected chi connectivity index (χ4v) is 2.72. The second-order valence-electron chi connectivity index (χ2n) is 4.64. The molecule has 1 saturated heterocycles. The summed E-state index contributed by atoms with van der Waals surface area (Å²) < 4.78 is 0. The molecule has 1 amide bonds. The number of hydrogen-bond donors (Lipinski definition) is 0. The lowest BCUT2D eigenvalue weighted by molar-refractivity contribution is 0.0637. The number of rotatable bonds is 3. The van der Waals surface area contributed by atoms with Gasteiger partial charge >= 0.3 is 0 Å². The molecule has 0 aliphatic carbocycles. The van der Waals surface area contributed by atoms with Crippen LogP contribution in [-0.2, 0) is 0 Å². The summed E-state index contributed by atoms with van der Waals surface area (Å²) in [6.07, 6.45) is 1.14. The fraction of sp³-hybridized carbons (Fsp3) is 0.538. The molecule has 1 fully saturated rings.